The number of nitrogens with one attached hydrogen (secondary N) is 1. The molecule has 1 amide bonds. The molecule has 0 radical (unpaired) electrons. The molecule has 4 nitrogen and oxygen atoms in total. The molecule has 3 aromatic carbocycles. The molecule has 6 heteroatoms. The number of rotatable bonds is 6. The Morgan fingerprint density at radius 3 is 2.42 bits per heavy atom. The lowest BCUT2D eigenvalue weighted by Gasteiger charge is -2.10. The SMILES string of the molecule is Cc1ccc(NC(=O)/C(C#N)=C/c2ccc(OCc3ccc(I)cc3)c(I)c2)cc1C. The van der Waals surface area contributed by atoms with E-state index in [1.54, 1.807) is 6.08 Å². The van der Waals surface area contributed by atoms with Crippen molar-refractivity contribution in [1.82, 2.24) is 0 Å². The molecule has 0 spiro atoms. The van der Waals surface area contributed by atoms with Crippen molar-refractivity contribution in [2.75, 3.05) is 5.32 Å². The quantitative estimate of drug-likeness (QED) is 0.188. The first-order valence-electron chi connectivity index (χ1n) is 9.53. The Balaban J connectivity index is 1.70. The van der Waals surface area contributed by atoms with E-state index in [0.717, 1.165) is 31.6 Å². The number of anilines is 1. The second-order valence-electron chi connectivity index (χ2n) is 7.03. The fraction of sp³-hybridized carbons (Fsp3) is 0.120. The van der Waals surface area contributed by atoms with Crippen LogP contribution in [0.5, 0.6) is 5.75 Å². The maximum atomic E-state index is 12.6. The lowest BCUT2D eigenvalue weighted by atomic mass is 10.1. The van der Waals surface area contributed by atoms with Crippen LogP contribution in [0.4, 0.5) is 5.69 Å². The summed E-state index contributed by atoms with van der Waals surface area (Å²) >= 11 is 4.47. The van der Waals surface area contributed by atoms with Crippen LogP contribution >= 0.6 is 45.2 Å². The minimum Gasteiger partial charge on any atom is -0.488 e. The number of benzene rings is 3. The number of ether oxygens (including phenoxy) is 1. The Kier molecular flexibility index (Phi) is 8.09. The first-order chi connectivity index (χ1) is 14.9. The average molecular weight is 634 g/mol. The maximum Gasteiger partial charge on any atom is 0.266 e. The number of nitrogens with zero attached hydrogens (tertiary/aromatic N) is 1. The lowest BCUT2D eigenvalue weighted by Crippen LogP contribution is -2.13. The number of halogens is 2. The van der Waals surface area contributed by atoms with Crippen LogP contribution in [0.1, 0.15) is 22.3 Å². The molecule has 0 saturated carbocycles. The number of aryl methyl sites for hydroxylation is 2. The van der Waals surface area contributed by atoms with E-state index in [-0.39, 0.29) is 5.57 Å². The Morgan fingerprint density at radius 1 is 1.03 bits per heavy atom. The molecule has 1 N–H and O–H groups in total. The van der Waals surface area contributed by atoms with Gasteiger partial charge in [-0.15, -0.1) is 0 Å². The average Bonchev–Trinajstić information content (AvgIpc) is 2.75. The van der Waals surface area contributed by atoms with Crippen LogP contribution in [0.15, 0.2) is 66.2 Å². The van der Waals surface area contributed by atoms with E-state index in [0.29, 0.717) is 12.3 Å². The topological polar surface area (TPSA) is 62.1 Å². The molecule has 0 fully saturated rings. The van der Waals surface area contributed by atoms with Crippen LogP contribution in [0.2, 0.25) is 0 Å². The molecule has 3 rings (SSSR count). The monoisotopic (exact) mass is 634 g/mol. The second kappa shape index (κ2) is 10.8. The zero-order valence-electron chi connectivity index (χ0n) is 17.1. The van der Waals surface area contributed by atoms with Crippen LogP contribution in [0, 0.1) is 32.3 Å². The molecule has 0 aliphatic heterocycles. The van der Waals surface area contributed by atoms with Crippen molar-refractivity contribution >= 4 is 62.9 Å². The summed E-state index contributed by atoms with van der Waals surface area (Å²) in [6.45, 7) is 4.47. The normalized spacial score (nSPS) is 11.0. The summed E-state index contributed by atoms with van der Waals surface area (Å²) in [5.74, 6) is 0.328. The molecule has 156 valence electrons. The third-order valence-electron chi connectivity index (χ3n) is 4.70. The van der Waals surface area contributed by atoms with Gasteiger partial charge in [-0.1, -0.05) is 24.3 Å². The van der Waals surface area contributed by atoms with Gasteiger partial charge < -0.3 is 10.1 Å². The molecule has 31 heavy (non-hydrogen) atoms. The van der Waals surface area contributed by atoms with Crippen molar-refractivity contribution in [3.63, 3.8) is 0 Å². The minimum absolute atomic E-state index is 0.0431. The van der Waals surface area contributed by atoms with E-state index in [1.807, 2.05) is 80.6 Å². The zero-order valence-corrected chi connectivity index (χ0v) is 21.4. The standard InChI is InChI=1S/C25H20I2N2O2/c1-16-3-9-22(11-17(16)2)29-25(30)20(14-28)12-19-6-10-24(23(27)13-19)31-15-18-4-7-21(26)8-5-18/h3-13H,15H2,1-2H3,(H,29,30)/b20-12+. The summed E-state index contributed by atoms with van der Waals surface area (Å²) in [5.41, 5.74) is 4.79. The third kappa shape index (κ3) is 6.55. The van der Waals surface area contributed by atoms with Crippen LogP contribution < -0.4 is 10.1 Å². The largest absolute Gasteiger partial charge is 0.488 e. The summed E-state index contributed by atoms with van der Waals surface area (Å²) < 4.78 is 8.01. The van der Waals surface area contributed by atoms with Gasteiger partial charge in [0.05, 0.1) is 3.57 Å². The predicted octanol–water partition coefficient (Wildman–Crippen LogP) is 6.64. The maximum absolute atomic E-state index is 12.6. The van der Waals surface area contributed by atoms with Crippen LogP contribution in [0.3, 0.4) is 0 Å². The highest BCUT2D eigenvalue weighted by molar-refractivity contribution is 14.1. The van der Waals surface area contributed by atoms with Crippen molar-refractivity contribution in [2.45, 2.75) is 20.5 Å². The van der Waals surface area contributed by atoms with Crippen LogP contribution in [0.25, 0.3) is 6.08 Å². The Labute approximate surface area is 209 Å². The molecule has 0 atom stereocenters. The highest BCUT2D eigenvalue weighted by atomic mass is 127. The molecule has 0 aliphatic carbocycles. The van der Waals surface area contributed by atoms with Crippen molar-refractivity contribution < 1.29 is 9.53 Å². The highest BCUT2D eigenvalue weighted by Crippen LogP contribution is 2.25. The first-order valence-corrected chi connectivity index (χ1v) is 11.7. The number of hydrogen-bond donors (Lipinski definition) is 1. The van der Waals surface area contributed by atoms with Gasteiger partial charge >= 0.3 is 0 Å². The molecule has 0 heterocycles. The number of carbonyl (C=O) groups excluding carboxylic acids is 1. The van der Waals surface area contributed by atoms with E-state index in [4.69, 9.17) is 4.74 Å². The van der Waals surface area contributed by atoms with E-state index in [9.17, 15) is 10.1 Å². The number of carbonyl (C=O) groups is 1. The highest BCUT2D eigenvalue weighted by Gasteiger charge is 2.11. The molecular weight excluding hydrogens is 614 g/mol. The number of nitriles is 1. The Bertz CT molecular complexity index is 1180. The van der Waals surface area contributed by atoms with Crippen molar-refractivity contribution in [2.24, 2.45) is 0 Å². The number of amides is 1. The van der Waals surface area contributed by atoms with Gasteiger partial charge in [0.15, 0.2) is 0 Å². The van der Waals surface area contributed by atoms with Crippen molar-refractivity contribution in [3.05, 3.63) is 95.6 Å². The van der Waals surface area contributed by atoms with Gasteiger partial charge in [-0.2, -0.15) is 5.26 Å². The predicted molar refractivity (Wildman–Crippen MR) is 141 cm³/mol. The Morgan fingerprint density at radius 2 is 1.77 bits per heavy atom. The minimum atomic E-state index is -0.431. The third-order valence-corrected chi connectivity index (χ3v) is 6.27. The smallest absolute Gasteiger partial charge is 0.266 e. The zero-order chi connectivity index (χ0) is 22.4. The second-order valence-corrected chi connectivity index (χ2v) is 9.44. The molecule has 0 aliphatic rings. The van der Waals surface area contributed by atoms with Crippen LogP contribution in [-0.4, -0.2) is 5.91 Å². The fourth-order valence-electron chi connectivity index (χ4n) is 2.80. The molecule has 0 saturated heterocycles. The first kappa shape index (κ1) is 23.3. The lowest BCUT2D eigenvalue weighted by molar-refractivity contribution is -0.112. The van der Waals surface area contributed by atoms with Gasteiger partial charge in [-0.05, 0) is 124 Å². The van der Waals surface area contributed by atoms with Gasteiger partial charge in [0.1, 0.15) is 24.0 Å². The van der Waals surface area contributed by atoms with Gasteiger partial charge in [-0.3, -0.25) is 4.79 Å². The summed E-state index contributed by atoms with van der Waals surface area (Å²) in [6.07, 6.45) is 1.58. The fourth-order valence-corrected chi connectivity index (χ4v) is 3.85. The molecule has 0 aromatic heterocycles. The molecule has 3 aromatic rings. The van der Waals surface area contributed by atoms with Crippen LogP contribution in [-0.2, 0) is 11.4 Å². The summed E-state index contributed by atoms with van der Waals surface area (Å²) in [6, 6.07) is 21.4. The summed E-state index contributed by atoms with van der Waals surface area (Å²) in [5, 5.41) is 12.3. The van der Waals surface area contributed by atoms with Gasteiger partial charge in [0.25, 0.3) is 5.91 Å². The summed E-state index contributed by atoms with van der Waals surface area (Å²) in [4.78, 5) is 12.6. The molecule has 0 unspecified atom stereocenters. The van der Waals surface area contributed by atoms with Crippen molar-refractivity contribution in [1.29, 1.82) is 5.26 Å². The Hall–Kier alpha value is -2.38. The summed E-state index contributed by atoms with van der Waals surface area (Å²) in [7, 11) is 0. The van der Waals surface area contributed by atoms with Gasteiger partial charge in [0, 0.05) is 9.26 Å². The van der Waals surface area contributed by atoms with Gasteiger partial charge in [-0.25, -0.2) is 0 Å². The van der Waals surface area contributed by atoms with E-state index in [1.165, 1.54) is 3.57 Å². The van der Waals surface area contributed by atoms with E-state index in [2.05, 4.69) is 50.5 Å². The van der Waals surface area contributed by atoms with Crippen molar-refractivity contribution in [3.8, 4) is 11.8 Å². The van der Waals surface area contributed by atoms with Gasteiger partial charge in [0.2, 0.25) is 0 Å². The van der Waals surface area contributed by atoms with E-state index >= 15 is 0 Å². The molecular formula is C25H20I2N2O2. The molecule has 0 bridgehead atoms. The van der Waals surface area contributed by atoms with E-state index < -0.39 is 5.91 Å². The number of hydrogen-bond acceptors (Lipinski definition) is 3.